The van der Waals surface area contributed by atoms with Crippen molar-refractivity contribution in [2.24, 2.45) is 5.92 Å². The number of carbonyl (C=O) groups excluding carboxylic acids is 2. The molecule has 104 valence electrons. The summed E-state index contributed by atoms with van der Waals surface area (Å²) >= 11 is 0. The van der Waals surface area contributed by atoms with Crippen molar-refractivity contribution in [3.05, 3.63) is 29.8 Å². The van der Waals surface area contributed by atoms with E-state index in [1.54, 1.807) is 24.3 Å². The van der Waals surface area contributed by atoms with E-state index in [4.69, 9.17) is 0 Å². The minimum absolute atomic E-state index is 0.0562. The number of rotatable bonds is 5. The van der Waals surface area contributed by atoms with Gasteiger partial charge in [-0.25, -0.2) is 4.79 Å². The predicted octanol–water partition coefficient (Wildman–Crippen LogP) is 2.03. The molecule has 0 saturated heterocycles. The van der Waals surface area contributed by atoms with Crippen LogP contribution in [0.25, 0.3) is 0 Å². The first-order valence-electron chi connectivity index (χ1n) is 6.24. The lowest BCUT2D eigenvalue weighted by Crippen LogP contribution is -2.37. The zero-order chi connectivity index (χ0) is 14.4. The molecule has 0 aliphatic heterocycles. The van der Waals surface area contributed by atoms with Gasteiger partial charge in [-0.2, -0.15) is 0 Å². The van der Waals surface area contributed by atoms with Crippen LogP contribution in [0, 0.1) is 5.92 Å². The van der Waals surface area contributed by atoms with Crippen molar-refractivity contribution in [2.45, 2.75) is 26.9 Å². The molecular weight excluding hydrogens is 244 g/mol. The van der Waals surface area contributed by atoms with Gasteiger partial charge in [0.15, 0.2) is 5.78 Å². The van der Waals surface area contributed by atoms with Crippen LogP contribution in [-0.4, -0.2) is 29.6 Å². The summed E-state index contributed by atoms with van der Waals surface area (Å²) in [7, 11) is 0. The van der Waals surface area contributed by atoms with Crippen LogP contribution < -0.4 is 10.6 Å². The standard InChI is InChI=1S/C14H20N2O3/c1-9(2)13(18)8-15-14(19)16-12-6-4-5-11(7-12)10(3)17/h4-7,9,13,18H,8H2,1-3H3,(H2,15,16,19). The van der Waals surface area contributed by atoms with E-state index in [2.05, 4.69) is 10.6 Å². The van der Waals surface area contributed by atoms with Crippen LogP contribution in [0.4, 0.5) is 10.5 Å². The van der Waals surface area contributed by atoms with E-state index < -0.39 is 12.1 Å². The summed E-state index contributed by atoms with van der Waals surface area (Å²) in [4.78, 5) is 22.8. The topological polar surface area (TPSA) is 78.4 Å². The Morgan fingerprint density at radius 1 is 1.32 bits per heavy atom. The third kappa shape index (κ3) is 5.09. The van der Waals surface area contributed by atoms with Crippen LogP contribution in [-0.2, 0) is 0 Å². The highest BCUT2D eigenvalue weighted by atomic mass is 16.3. The van der Waals surface area contributed by atoms with Gasteiger partial charge in [0.05, 0.1) is 6.10 Å². The van der Waals surface area contributed by atoms with E-state index in [1.165, 1.54) is 6.92 Å². The summed E-state index contributed by atoms with van der Waals surface area (Å²) < 4.78 is 0. The van der Waals surface area contributed by atoms with Crippen LogP contribution >= 0.6 is 0 Å². The Kier molecular flexibility index (Phi) is 5.51. The minimum atomic E-state index is -0.575. The molecule has 1 rings (SSSR count). The van der Waals surface area contributed by atoms with E-state index in [0.29, 0.717) is 11.3 Å². The fourth-order valence-corrected chi connectivity index (χ4v) is 1.42. The lowest BCUT2D eigenvalue weighted by atomic mass is 10.1. The Labute approximate surface area is 113 Å². The lowest BCUT2D eigenvalue weighted by Gasteiger charge is -2.15. The molecule has 1 unspecified atom stereocenters. The van der Waals surface area contributed by atoms with Crippen LogP contribution in [0.3, 0.4) is 0 Å². The van der Waals surface area contributed by atoms with E-state index in [-0.39, 0.29) is 18.2 Å². The second-order valence-corrected chi connectivity index (χ2v) is 4.78. The van der Waals surface area contributed by atoms with Gasteiger partial charge in [0.25, 0.3) is 0 Å². The van der Waals surface area contributed by atoms with Gasteiger partial charge in [0.2, 0.25) is 0 Å². The number of hydrogen-bond acceptors (Lipinski definition) is 3. The smallest absolute Gasteiger partial charge is 0.319 e. The van der Waals surface area contributed by atoms with Crippen molar-refractivity contribution in [3.8, 4) is 0 Å². The first-order valence-corrected chi connectivity index (χ1v) is 6.24. The van der Waals surface area contributed by atoms with Crippen molar-refractivity contribution in [3.63, 3.8) is 0 Å². The Morgan fingerprint density at radius 3 is 2.58 bits per heavy atom. The molecular formula is C14H20N2O3. The fourth-order valence-electron chi connectivity index (χ4n) is 1.42. The number of nitrogens with one attached hydrogen (secondary N) is 2. The van der Waals surface area contributed by atoms with Crippen LogP contribution in [0.5, 0.6) is 0 Å². The van der Waals surface area contributed by atoms with Crippen molar-refractivity contribution in [1.82, 2.24) is 5.32 Å². The van der Waals surface area contributed by atoms with Gasteiger partial charge in [-0.05, 0) is 25.0 Å². The number of aliphatic hydroxyl groups is 1. The normalized spacial score (nSPS) is 12.1. The van der Waals surface area contributed by atoms with Crippen LogP contribution in [0.2, 0.25) is 0 Å². The van der Waals surface area contributed by atoms with Gasteiger partial charge in [-0.1, -0.05) is 26.0 Å². The van der Waals surface area contributed by atoms with E-state index in [0.717, 1.165) is 0 Å². The number of benzene rings is 1. The number of hydrogen-bond donors (Lipinski definition) is 3. The zero-order valence-electron chi connectivity index (χ0n) is 11.4. The number of ketones is 1. The van der Waals surface area contributed by atoms with Gasteiger partial charge in [0, 0.05) is 17.8 Å². The Bertz CT molecular complexity index is 458. The maximum absolute atomic E-state index is 11.6. The van der Waals surface area contributed by atoms with Gasteiger partial charge in [0.1, 0.15) is 0 Å². The molecule has 1 aromatic rings. The summed E-state index contributed by atoms with van der Waals surface area (Å²) in [5.74, 6) is 0.0284. The first kappa shape index (κ1) is 15.2. The summed E-state index contributed by atoms with van der Waals surface area (Å²) in [6.45, 7) is 5.41. The molecule has 0 fully saturated rings. The maximum atomic E-state index is 11.6. The second kappa shape index (κ2) is 6.89. The van der Waals surface area contributed by atoms with E-state index >= 15 is 0 Å². The molecule has 5 heteroatoms. The minimum Gasteiger partial charge on any atom is -0.391 e. The Morgan fingerprint density at radius 2 is 2.00 bits per heavy atom. The fraction of sp³-hybridized carbons (Fsp3) is 0.429. The van der Waals surface area contributed by atoms with Crippen LogP contribution in [0.1, 0.15) is 31.1 Å². The molecule has 0 bridgehead atoms. The number of carbonyl (C=O) groups is 2. The molecule has 0 heterocycles. The van der Waals surface area contributed by atoms with Gasteiger partial charge in [-0.15, -0.1) is 0 Å². The van der Waals surface area contributed by atoms with E-state index in [9.17, 15) is 14.7 Å². The summed E-state index contributed by atoms with van der Waals surface area (Å²) in [5.41, 5.74) is 1.09. The number of aliphatic hydroxyl groups excluding tert-OH is 1. The predicted molar refractivity (Wildman–Crippen MR) is 74.3 cm³/mol. The average Bonchev–Trinajstić information content (AvgIpc) is 2.36. The third-order valence-corrected chi connectivity index (χ3v) is 2.77. The van der Waals surface area contributed by atoms with E-state index in [1.807, 2.05) is 13.8 Å². The van der Waals surface area contributed by atoms with Gasteiger partial charge in [-0.3, -0.25) is 4.79 Å². The number of anilines is 1. The van der Waals surface area contributed by atoms with Crippen molar-refractivity contribution >= 4 is 17.5 Å². The van der Waals surface area contributed by atoms with Crippen LogP contribution in [0.15, 0.2) is 24.3 Å². The molecule has 3 N–H and O–H groups in total. The third-order valence-electron chi connectivity index (χ3n) is 2.77. The summed E-state index contributed by atoms with van der Waals surface area (Å²) in [6, 6.07) is 6.30. The monoisotopic (exact) mass is 264 g/mol. The maximum Gasteiger partial charge on any atom is 0.319 e. The number of urea groups is 1. The SMILES string of the molecule is CC(=O)c1cccc(NC(=O)NCC(O)C(C)C)c1. The summed E-state index contributed by atoms with van der Waals surface area (Å²) in [6.07, 6.45) is -0.575. The quantitative estimate of drug-likeness (QED) is 0.712. The molecule has 2 amide bonds. The van der Waals surface area contributed by atoms with Crippen molar-refractivity contribution in [2.75, 3.05) is 11.9 Å². The molecule has 0 saturated carbocycles. The zero-order valence-corrected chi connectivity index (χ0v) is 11.4. The lowest BCUT2D eigenvalue weighted by molar-refractivity contribution is 0.101. The molecule has 0 radical (unpaired) electrons. The average molecular weight is 264 g/mol. The molecule has 1 atom stereocenters. The molecule has 0 aliphatic carbocycles. The largest absolute Gasteiger partial charge is 0.391 e. The number of Topliss-reactive ketones (excluding diaryl/α,β-unsaturated/α-hetero) is 1. The second-order valence-electron chi connectivity index (χ2n) is 4.78. The van der Waals surface area contributed by atoms with Gasteiger partial charge >= 0.3 is 6.03 Å². The highest BCUT2D eigenvalue weighted by molar-refractivity contribution is 5.96. The summed E-state index contributed by atoms with van der Waals surface area (Å²) in [5, 5.41) is 14.8. The van der Waals surface area contributed by atoms with Crippen molar-refractivity contribution < 1.29 is 14.7 Å². The first-order chi connectivity index (χ1) is 8.90. The Hall–Kier alpha value is -1.88. The molecule has 0 aromatic heterocycles. The molecule has 19 heavy (non-hydrogen) atoms. The van der Waals surface area contributed by atoms with Gasteiger partial charge < -0.3 is 15.7 Å². The molecule has 5 nitrogen and oxygen atoms in total. The Balaban J connectivity index is 2.53. The number of amides is 2. The highest BCUT2D eigenvalue weighted by Crippen LogP contribution is 2.11. The molecule has 0 aliphatic rings. The van der Waals surface area contributed by atoms with Crippen molar-refractivity contribution in [1.29, 1.82) is 0 Å². The molecule has 0 spiro atoms. The highest BCUT2D eigenvalue weighted by Gasteiger charge is 2.10. The molecule has 1 aromatic carbocycles.